The van der Waals surface area contributed by atoms with Gasteiger partial charge in [0.1, 0.15) is 5.82 Å². The molecule has 1 amide bonds. The van der Waals surface area contributed by atoms with Crippen molar-refractivity contribution in [3.8, 4) is 0 Å². The molecular weight excluding hydrogens is 243 g/mol. The lowest BCUT2D eigenvalue weighted by Crippen LogP contribution is -2.33. The molecule has 1 aliphatic carbocycles. The van der Waals surface area contributed by atoms with Gasteiger partial charge in [-0.15, -0.1) is 0 Å². The van der Waals surface area contributed by atoms with Crippen molar-refractivity contribution in [3.63, 3.8) is 0 Å². The zero-order chi connectivity index (χ0) is 14.0. The number of nitrogens with one attached hydrogen (secondary N) is 1. The summed E-state index contributed by atoms with van der Waals surface area (Å²) < 4.78 is 13.4. The first-order chi connectivity index (χ1) is 8.97. The van der Waals surface area contributed by atoms with Gasteiger partial charge in [-0.2, -0.15) is 0 Å². The van der Waals surface area contributed by atoms with E-state index in [0.29, 0.717) is 17.9 Å². The Bertz CT molecular complexity index is 475. The number of nitrogens with two attached hydrogens (primary N) is 1. The van der Waals surface area contributed by atoms with E-state index in [0.717, 1.165) is 12.1 Å². The summed E-state index contributed by atoms with van der Waals surface area (Å²) in [5, 5.41) is 3.41. The van der Waals surface area contributed by atoms with E-state index in [1.54, 1.807) is 6.07 Å². The molecule has 104 valence electrons. The number of rotatable bonds is 3. The number of carbonyl (C=O) groups is 1. The van der Waals surface area contributed by atoms with Gasteiger partial charge in [-0.1, -0.05) is 20.3 Å². The van der Waals surface area contributed by atoms with Crippen LogP contribution in [0.25, 0.3) is 0 Å². The van der Waals surface area contributed by atoms with Crippen LogP contribution in [0.3, 0.4) is 0 Å². The maximum absolute atomic E-state index is 13.4. The van der Waals surface area contributed by atoms with Crippen LogP contribution in [-0.2, 0) is 0 Å². The first-order valence-corrected chi connectivity index (χ1v) is 6.83. The molecule has 1 fully saturated rings. The SMILES string of the molecule is CC1CCC(C)C(Nc2ccc(F)c(C(N)=O)c2)C1. The van der Waals surface area contributed by atoms with Gasteiger partial charge in [0.05, 0.1) is 5.56 Å². The summed E-state index contributed by atoms with van der Waals surface area (Å²) >= 11 is 0. The van der Waals surface area contributed by atoms with E-state index in [-0.39, 0.29) is 5.56 Å². The number of benzene rings is 1. The van der Waals surface area contributed by atoms with E-state index in [4.69, 9.17) is 5.73 Å². The van der Waals surface area contributed by atoms with Crippen molar-refractivity contribution in [2.45, 2.75) is 39.2 Å². The predicted octanol–water partition coefficient (Wildman–Crippen LogP) is 3.16. The molecular formula is C15H21FN2O. The van der Waals surface area contributed by atoms with Gasteiger partial charge in [0.15, 0.2) is 0 Å². The van der Waals surface area contributed by atoms with Gasteiger partial charge in [-0.3, -0.25) is 4.79 Å². The van der Waals surface area contributed by atoms with Crippen LogP contribution in [0, 0.1) is 17.7 Å². The van der Waals surface area contributed by atoms with Crippen LogP contribution in [0.2, 0.25) is 0 Å². The molecule has 0 saturated heterocycles. The van der Waals surface area contributed by atoms with Crippen LogP contribution >= 0.6 is 0 Å². The topological polar surface area (TPSA) is 55.1 Å². The number of amides is 1. The summed E-state index contributed by atoms with van der Waals surface area (Å²) in [7, 11) is 0. The minimum Gasteiger partial charge on any atom is -0.382 e. The quantitative estimate of drug-likeness (QED) is 0.881. The molecule has 1 aromatic carbocycles. The largest absolute Gasteiger partial charge is 0.382 e. The number of hydrogen-bond acceptors (Lipinski definition) is 2. The molecule has 0 bridgehead atoms. The number of carbonyl (C=O) groups excluding carboxylic acids is 1. The Kier molecular flexibility index (Phi) is 4.08. The van der Waals surface area contributed by atoms with E-state index >= 15 is 0 Å². The van der Waals surface area contributed by atoms with Crippen LogP contribution in [-0.4, -0.2) is 11.9 Å². The van der Waals surface area contributed by atoms with Gasteiger partial charge < -0.3 is 11.1 Å². The van der Waals surface area contributed by atoms with Crippen molar-refractivity contribution >= 4 is 11.6 Å². The highest BCUT2D eigenvalue weighted by atomic mass is 19.1. The molecule has 3 atom stereocenters. The molecule has 3 unspecified atom stereocenters. The molecule has 0 radical (unpaired) electrons. The van der Waals surface area contributed by atoms with Crippen LogP contribution in [0.5, 0.6) is 0 Å². The fourth-order valence-corrected chi connectivity index (χ4v) is 2.75. The van der Waals surface area contributed by atoms with Gasteiger partial charge >= 0.3 is 0 Å². The highest BCUT2D eigenvalue weighted by molar-refractivity contribution is 5.94. The molecule has 0 aliphatic heterocycles. The summed E-state index contributed by atoms with van der Waals surface area (Å²) in [6, 6.07) is 4.83. The molecule has 0 aromatic heterocycles. The van der Waals surface area contributed by atoms with Crippen LogP contribution in [0.1, 0.15) is 43.5 Å². The van der Waals surface area contributed by atoms with E-state index in [1.165, 1.54) is 25.0 Å². The van der Waals surface area contributed by atoms with Crippen molar-refractivity contribution in [3.05, 3.63) is 29.6 Å². The highest BCUT2D eigenvalue weighted by Gasteiger charge is 2.25. The maximum Gasteiger partial charge on any atom is 0.251 e. The Balaban J connectivity index is 2.14. The second-order valence-electron chi connectivity index (χ2n) is 5.71. The molecule has 4 heteroatoms. The Morgan fingerprint density at radius 3 is 2.79 bits per heavy atom. The Labute approximate surface area is 113 Å². The van der Waals surface area contributed by atoms with Gasteiger partial charge in [0.2, 0.25) is 0 Å². The second kappa shape index (κ2) is 5.59. The Hall–Kier alpha value is -1.58. The summed E-state index contributed by atoms with van der Waals surface area (Å²) in [6.45, 7) is 4.47. The number of halogens is 1. The predicted molar refractivity (Wildman–Crippen MR) is 74.5 cm³/mol. The smallest absolute Gasteiger partial charge is 0.251 e. The van der Waals surface area contributed by atoms with Crippen molar-refractivity contribution in [1.29, 1.82) is 0 Å². The Morgan fingerprint density at radius 2 is 2.11 bits per heavy atom. The third-order valence-corrected chi connectivity index (χ3v) is 4.04. The lowest BCUT2D eigenvalue weighted by molar-refractivity contribution is 0.0996. The average Bonchev–Trinajstić information content (AvgIpc) is 2.36. The molecule has 1 aromatic rings. The first-order valence-electron chi connectivity index (χ1n) is 6.83. The molecule has 0 spiro atoms. The number of hydrogen-bond donors (Lipinski definition) is 2. The van der Waals surface area contributed by atoms with Gasteiger partial charge in [0, 0.05) is 11.7 Å². The van der Waals surface area contributed by atoms with Crippen LogP contribution in [0.15, 0.2) is 18.2 Å². The van der Waals surface area contributed by atoms with Crippen LogP contribution in [0.4, 0.5) is 10.1 Å². The Morgan fingerprint density at radius 1 is 1.37 bits per heavy atom. The zero-order valence-corrected chi connectivity index (χ0v) is 11.4. The third-order valence-electron chi connectivity index (χ3n) is 4.04. The summed E-state index contributed by atoms with van der Waals surface area (Å²) in [5.41, 5.74) is 5.87. The summed E-state index contributed by atoms with van der Waals surface area (Å²) in [4.78, 5) is 11.1. The van der Waals surface area contributed by atoms with Crippen molar-refractivity contribution < 1.29 is 9.18 Å². The maximum atomic E-state index is 13.4. The van der Waals surface area contributed by atoms with Gasteiger partial charge in [0.25, 0.3) is 5.91 Å². The standard InChI is InChI=1S/C15H21FN2O/c1-9-3-4-10(2)14(7-9)18-11-5-6-13(16)12(8-11)15(17)19/h5-6,8-10,14,18H,3-4,7H2,1-2H3,(H2,17,19). The molecule has 3 N–H and O–H groups in total. The van der Waals surface area contributed by atoms with Crippen LogP contribution < -0.4 is 11.1 Å². The summed E-state index contributed by atoms with van der Waals surface area (Å²) in [5.74, 6) is -0.0163. The highest BCUT2D eigenvalue weighted by Crippen LogP contribution is 2.30. The minimum absolute atomic E-state index is 0.0542. The zero-order valence-electron chi connectivity index (χ0n) is 11.4. The van der Waals surface area contributed by atoms with Crippen molar-refractivity contribution in [2.75, 3.05) is 5.32 Å². The monoisotopic (exact) mass is 264 g/mol. The van der Waals surface area contributed by atoms with E-state index in [9.17, 15) is 9.18 Å². The molecule has 3 nitrogen and oxygen atoms in total. The number of anilines is 1. The molecule has 19 heavy (non-hydrogen) atoms. The van der Waals surface area contributed by atoms with Gasteiger partial charge in [-0.25, -0.2) is 4.39 Å². The molecule has 1 saturated carbocycles. The van der Waals surface area contributed by atoms with Gasteiger partial charge in [-0.05, 0) is 42.9 Å². The average molecular weight is 264 g/mol. The van der Waals surface area contributed by atoms with Crippen molar-refractivity contribution in [2.24, 2.45) is 17.6 Å². The minimum atomic E-state index is -0.730. The second-order valence-corrected chi connectivity index (χ2v) is 5.71. The fourth-order valence-electron chi connectivity index (χ4n) is 2.75. The summed E-state index contributed by atoms with van der Waals surface area (Å²) in [6.07, 6.45) is 3.56. The normalized spacial score (nSPS) is 27.0. The van der Waals surface area contributed by atoms with E-state index < -0.39 is 11.7 Å². The fraction of sp³-hybridized carbons (Fsp3) is 0.533. The molecule has 2 rings (SSSR count). The lowest BCUT2D eigenvalue weighted by atomic mass is 9.80. The van der Waals surface area contributed by atoms with E-state index in [1.807, 2.05) is 0 Å². The third kappa shape index (κ3) is 3.25. The van der Waals surface area contributed by atoms with E-state index in [2.05, 4.69) is 19.2 Å². The number of primary amides is 1. The lowest BCUT2D eigenvalue weighted by Gasteiger charge is -2.34. The van der Waals surface area contributed by atoms with Crippen molar-refractivity contribution in [1.82, 2.24) is 0 Å². The first kappa shape index (κ1) is 13.8. The molecule has 1 aliphatic rings. The molecule has 0 heterocycles.